The summed E-state index contributed by atoms with van der Waals surface area (Å²) in [6, 6.07) is 12.0. The molecule has 2 amide bonds. The maximum atomic E-state index is 13.1. The molecule has 2 aromatic heterocycles. The second-order valence-corrected chi connectivity index (χ2v) is 15.3. The van der Waals surface area contributed by atoms with Gasteiger partial charge >= 0.3 is 5.97 Å². The van der Waals surface area contributed by atoms with Gasteiger partial charge in [0, 0.05) is 28.3 Å². The van der Waals surface area contributed by atoms with E-state index < -0.39 is 11.6 Å². The standard InChI is InChI=1S/C21H33N3O4.C15H8ClNO2.C5H10O2/c1-3-28-20(27)21-14-15(21)10-7-5-4-6-8-11-16(22-2)19(26)24-13-9-12-17(24)18(25)23-21;16-8-5-6-12-11(7-8)13-14(19-12)9-3-1-2-4-10(9)15(18)17-13;1-5(2,3)7-4-6/h7,10,15-17,22H,3-6,8-9,11-14H2,1-2H3,(H,23,25);1-7H,(H,17,18);4H,1-3H3/b10-7-;;/t15-,16+,17+,21-;;/m1../s1. The van der Waals surface area contributed by atoms with Gasteiger partial charge in [-0.3, -0.25) is 19.2 Å². The number of H-pyrrole nitrogens is 1. The summed E-state index contributed by atoms with van der Waals surface area (Å²) in [5, 5.41) is 8.97. The zero-order valence-corrected chi connectivity index (χ0v) is 32.4. The summed E-state index contributed by atoms with van der Waals surface area (Å²) in [6.45, 7) is 8.56. The van der Waals surface area contributed by atoms with Crippen molar-refractivity contribution in [2.24, 2.45) is 5.92 Å². The lowest BCUT2D eigenvalue weighted by atomic mass is 10.1. The lowest BCUT2D eigenvalue weighted by molar-refractivity contribution is -0.150. The van der Waals surface area contributed by atoms with E-state index in [1.807, 2.05) is 51.1 Å². The Morgan fingerprint density at radius 1 is 1.06 bits per heavy atom. The number of amides is 2. The van der Waals surface area contributed by atoms with Crippen LogP contribution in [-0.4, -0.2) is 77.6 Å². The Kier molecular flexibility index (Phi) is 13.2. The number of furan rings is 1. The molecule has 13 heteroatoms. The van der Waals surface area contributed by atoms with E-state index in [0.29, 0.717) is 53.0 Å². The number of rotatable bonds is 4. The van der Waals surface area contributed by atoms with Gasteiger partial charge < -0.3 is 34.4 Å². The molecular weight excluding hydrogens is 712 g/mol. The summed E-state index contributed by atoms with van der Waals surface area (Å²) in [5.41, 5.74) is 0.691. The molecule has 4 heterocycles. The molecule has 290 valence electrons. The van der Waals surface area contributed by atoms with E-state index in [2.05, 4.69) is 26.4 Å². The third-order valence-electron chi connectivity index (χ3n) is 9.92. The molecule has 7 rings (SSSR count). The van der Waals surface area contributed by atoms with Gasteiger partial charge in [-0.2, -0.15) is 0 Å². The molecule has 1 saturated carbocycles. The molecule has 1 aliphatic carbocycles. The summed E-state index contributed by atoms with van der Waals surface area (Å²) < 4.78 is 15.6. The molecule has 0 bridgehead atoms. The molecule has 0 spiro atoms. The summed E-state index contributed by atoms with van der Waals surface area (Å²) in [4.78, 5) is 65.0. The minimum absolute atomic E-state index is 0.00863. The third kappa shape index (κ3) is 9.33. The maximum Gasteiger partial charge on any atom is 0.332 e. The molecule has 0 unspecified atom stereocenters. The number of ether oxygens (including phenoxy) is 2. The second kappa shape index (κ2) is 17.6. The number of aromatic nitrogens is 1. The normalized spacial score (nSPS) is 23.7. The number of hydrogen-bond donors (Lipinski definition) is 3. The van der Waals surface area contributed by atoms with Crippen LogP contribution in [0.15, 0.2) is 63.8 Å². The summed E-state index contributed by atoms with van der Waals surface area (Å²) in [5.74, 6) is -0.646. The Morgan fingerprint density at radius 2 is 1.81 bits per heavy atom. The average molecular weight is 763 g/mol. The first-order chi connectivity index (χ1) is 25.8. The minimum atomic E-state index is -0.969. The highest BCUT2D eigenvalue weighted by Crippen LogP contribution is 2.46. The molecule has 12 nitrogen and oxygen atoms in total. The molecule has 4 aromatic rings. The van der Waals surface area contributed by atoms with Crippen LogP contribution in [0.1, 0.15) is 79.1 Å². The van der Waals surface area contributed by atoms with Gasteiger partial charge in [0.2, 0.25) is 11.8 Å². The van der Waals surface area contributed by atoms with Crippen molar-refractivity contribution in [1.29, 1.82) is 0 Å². The van der Waals surface area contributed by atoms with E-state index in [9.17, 15) is 24.0 Å². The number of hydrogen-bond acceptors (Lipinski definition) is 9. The van der Waals surface area contributed by atoms with Crippen LogP contribution in [-0.2, 0) is 28.7 Å². The van der Waals surface area contributed by atoms with Gasteiger partial charge in [0.25, 0.3) is 12.0 Å². The van der Waals surface area contributed by atoms with Gasteiger partial charge in [0.05, 0.1) is 23.6 Å². The second-order valence-electron chi connectivity index (χ2n) is 14.9. The van der Waals surface area contributed by atoms with Gasteiger partial charge in [-0.25, -0.2) is 4.79 Å². The van der Waals surface area contributed by atoms with Crippen LogP contribution in [0.3, 0.4) is 0 Å². The SMILES string of the molecule is CC(C)(C)OC=O.CCOC(=O)[C@@]12C[C@H]1/C=C\CCCCC[C@H](NC)C(=O)N1CCC[C@H]1C(=O)N2.O=c1[nH]c2c3cc(Cl)ccc3oc2c2ccccc12. The zero-order valence-electron chi connectivity index (χ0n) is 31.7. The number of likely N-dealkylation sites (N-methyl/N-ethyl adjacent to an activating group) is 1. The van der Waals surface area contributed by atoms with Crippen molar-refractivity contribution in [3.8, 4) is 0 Å². The Hall–Kier alpha value is -4.68. The van der Waals surface area contributed by atoms with Gasteiger partial charge in [0.1, 0.15) is 22.8 Å². The molecule has 3 aliphatic rings. The highest BCUT2D eigenvalue weighted by atomic mass is 35.5. The van der Waals surface area contributed by atoms with Crippen molar-refractivity contribution in [1.82, 2.24) is 20.5 Å². The predicted octanol–water partition coefficient (Wildman–Crippen LogP) is 6.56. The number of halogens is 1. The lowest BCUT2D eigenvalue weighted by Crippen LogP contribution is -2.55. The number of carbonyl (C=O) groups excluding carboxylic acids is 4. The van der Waals surface area contributed by atoms with E-state index in [-0.39, 0.29) is 47.5 Å². The van der Waals surface area contributed by atoms with Crippen molar-refractivity contribution in [3.05, 3.63) is 70.0 Å². The Morgan fingerprint density at radius 3 is 2.50 bits per heavy atom. The van der Waals surface area contributed by atoms with Crippen LogP contribution >= 0.6 is 11.6 Å². The van der Waals surface area contributed by atoms with Crippen LogP contribution in [0.4, 0.5) is 0 Å². The van der Waals surface area contributed by atoms with Crippen LogP contribution in [0, 0.1) is 5.92 Å². The average Bonchev–Trinajstić information content (AvgIpc) is 3.42. The molecule has 1 saturated heterocycles. The van der Waals surface area contributed by atoms with E-state index in [1.165, 1.54) is 0 Å². The Labute approximate surface area is 319 Å². The topological polar surface area (TPSA) is 160 Å². The minimum Gasteiger partial charge on any atom is -0.464 e. The van der Waals surface area contributed by atoms with Gasteiger partial charge in [-0.05, 0) is 97.5 Å². The first kappa shape index (κ1) is 40.5. The predicted molar refractivity (Wildman–Crippen MR) is 209 cm³/mol. The van der Waals surface area contributed by atoms with Crippen LogP contribution in [0.25, 0.3) is 32.8 Å². The maximum absolute atomic E-state index is 13.1. The summed E-state index contributed by atoms with van der Waals surface area (Å²) in [6.07, 6.45) is 11.0. The van der Waals surface area contributed by atoms with Crippen LogP contribution in [0.5, 0.6) is 0 Å². The number of nitrogens with zero attached hydrogens (tertiary/aromatic N) is 1. The number of nitrogens with one attached hydrogen (secondary N) is 3. The van der Waals surface area contributed by atoms with E-state index in [1.54, 1.807) is 37.1 Å². The van der Waals surface area contributed by atoms with Crippen molar-refractivity contribution in [2.45, 2.75) is 102 Å². The highest BCUT2D eigenvalue weighted by Gasteiger charge is 2.62. The number of benzene rings is 2. The number of aromatic amines is 1. The Balaban J connectivity index is 0.000000185. The number of esters is 1. The smallest absolute Gasteiger partial charge is 0.332 e. The van der Waals surface area contributed by atoms with Crippen LogP contribution < -0.4 is 16.2 Å². The van der Waals surface area contributed by atoms with E-state index in [4.69, 9.17) is 20.8 Å². The fraction of sp³-hybridized carbons (Fsp3) is 0.488. The number of allylic oxidation sites excluding steroid dienone is 1. The van der Waals surface area contributed by atoms with Crippen molar-refractivity contribution in [2.75, 3.05) is 20.2 Å². The van der Waals surface area contributed by atoms with Crippen molar-refractivity contribution in [3.63, 3.8) is 0 Å². The first-order valence-electron chi connectivity index (χ1n) is 18.7. The number of fused-ring (bicyclic) bond motifs is 7. The molecule has 4 atom stereocenters. The highest BCUT2D eigenvalue weighted by molar-refractivity contribution is 6.31. The Bertz CT molecular complexity index is 2070. The largest absolute Gasteiger partial charge is 0.464 e. The summed E-state index contributed by atoms with van der Waals surface area (Å²) in [7, 11) is 1.80. The lowest BCUT2D eigenvalue weighted by Gasteiger charge is -2.29. The molecule has 2 aliphatic heterocycles. The first-order valence-corrected chi connectivity index (χ1v) is 19.1. The van der Waals surface area contributed by atoms with Crippen LogP contribution in [0.2, 0.25) is 5.02 Å². The monoisotopic (exact) mass is 762 g/mol. The molecule has 2 aromatic carbocycles. The molecular formula is C41H51ClN4O8. The fourth-order valence-electron chi connectivity index (χ4n) is 7.04. The zero-order chi connectivity index (χ0) is 39.0. The van der Waals surface area contributed by atoms with E-state index in [0.717, 1.165) is 49.3 Å². The van der Waals surface area contributed by atoms with Crippen molar-refractivity contribution >= 4 is 68.7 Å². The van der Waals surface area contributed by atoms with E-state index >= 15 is 0 Å². The third-order valence-corrected chi connectivity index (χ3v) is 10.2. The molecule has 2 fully saturated rings. The fourth-order valence-corrected chi connectivity index (χ4v) is 7.22. The van der Waals surface area contributed by atoms with Gasteiger partial charge in [-0.1, -0.05) is 54.8 Å². The number of carbonyl (C=O) groups is 4. The van der Waals surface area contributed by atoms with Gasteiger partial charge in [0.15, 0.2) is 5.58 Å². The molecule has 54 heavy (non-hydrogen) atoms. The quantitative estimate of drug-likeness (QED) is 0.119. The van der Waals surface area contributed by atoms with Crippen molar-refractivity contribution < 1.29 is 33.1 Å². The van der Waals surface area contributed by atoms with Gasteiger partial charge in [-0.15, -0.1) is 0 Å². The summed E-state index contributed by atoms with van der Waals surface area (Å²) >= 11 is 6.00. The molecule has 0 radical (unpaired) electrons. The molecule has 3 N–H and O–H groups in total. The number of pyridine rings is 1.